The number of hydrogen-bond donors (Lipinski definition) is 2. The summed E-state index contributed by atoms with van der Waals surface area (Å²) in [6.07, 6.45) is 8.36. The van der Waals surface area contributed by atoms with E-state index < -0.39 is 0 Å². The third-order valence-electron chi connectivity index (χ3n) is 2.59. The van der Waals surface area contributed by atoms with Crippen molar-refractivity contribution in [3.63, 3.8) is 0 Å². The van der Waals surface area contributed by atoms with E-state index in [4.69, 9.17) is 0 Å². The van der Waals surface area contributed by atoms with Gasteiger partial charge in [-0.15, -0.1) is 0 Å². The molecule has 0 atom stereocenters. The molecule has 0 unspecified atom stereocenters. The van der Waals surface area contributed by atoms with Gasteiger partial charge in [0, 0.05) is 43.6 Å². The summed E-state index contributed by atoms with van der Waals surface area (Å²) in [6, 6.07) is 7.99. The van der Waals surface area contributed by atoms with Crippen LogP contribution >= 0.6 is 0 Å². The van der Waals surface area contributed by atoms with Gasteiger partial charge in [-0.05, 0) is 36.7 Å². The Balaban J connectivity index is 1.54. The summed E-state index contributed by atoms with van der Waals surface area (Å²) in [4.78, 5) is 8.06. The number of nitrogens with one attached hydrogen (secondary N) is 2. The molecule has 0 spiro atoms. The third kappa shape index (κ3) is 4.51. The minimum Gasteiger partial charge on any atom is -0.385 e. The Morgan fingerprint density at radius 3 is 2.61 bits per heavy atom. The van der Waals surface area contributed by atoms with Crippen LogP contribution in [0, 0.1) is 0 Å². The molecule has 0 fully saturated rings. The highest BCUT2D eigenvalue weighted by Crippen LogP contribution is 2.02. The smallest absolute Gasteiger partial charge is 0.0371 e. The summed E-state index contributed by atoms with van der Waals surface area (Å²) >= 11 is 0. The van der Waals surface area contributed by atoms with Crippen LogP contribution < -0.4 is 10.6 Å². The number of hydrogen-bond acceptors (Lipinski definition) is 4. The number of pyridine rings is 2. The minimum absolute atomic E-state index is 0.878. The van der Waals surface area contributed by atoms with Crippen molar-refractivity contribution in [2.45, 2.75) is 13.0 Å². The fourth-order valence-electron chi connectivity index (χ4n) is 1.65. The quantitative estimate of drug-likeness (QED) is 0.730. The molecule has 0 bridgehead atoms. The van der Waals surface area contributed by atoms with Gasteiger partial charge in [-0.3, -0.25) is 9.97 Å². The maximum absolute atomic E-state index is 4.08. The lowest BCUT2D eigenvalue weighted by molar-refractivity contribution is 0.662. The van der Waals surface area contributed by atoms with Gasteiger partial charge in [0.05, 0.1) is 0 Å². The third-order valence-corrected chi connectivity index (χ3v) is 2.59. The molecule has 0 aliphatic rings. The van der Waals surface area contributed by atoms with E-state index >= 15 is 0 Å². The van der Waals surface area contributed by atoms with Gasteiger partial charge in [0.15, 0.2) is 0 Å². The molecule has 94 valence electrons. The Hall–Kier alpha value is -1.94. The normalized spacial score (nSPS) is 10.2. The van der Waals surface area contributed by atoms with E-state index in [1.807, 2.05) is 24.4 Å². The maximum Gasteiger partial charge on any atom is 0.0371 e. The molecule has 0 aromatic carbocycles. The molecule has 0 aliphatic heterocycles. The van der Waals surface area contributed by atoms with Gasteiger partial charge in [-0.25, -0.2) is 0 Å². The van der Waals surface area contributed by atoms with Gasteiger partial charge in [0.1, 0.15) is 0 Å². The van der Waals surface area contributed by atoms with Crippen molar-refractivity contribution < 1.29 is 0 Å². The number of rotatable bonds is 7. The average molecular weight is 242 g/mol. The first-order valence-corrected chi connectivity index (χ1v) is 6.19. The van der Waals surface area contributed by atoms with Crippen LogP contribution in [-0.2, 0) is 6.54 Å². The SMILES string of the molecule is c1cncc(CNCCCNc2ccncc2)c1. The Morgan fingerprint density at radius 2 is 1.83 bits per heavy atom. The molecular weight excluding hydrogens is 224 g/mol. The molecule has 0 amide bonds. The summed E-state index contributed by atoms with van der Waals surface area (Å²) in [5.41, 5.74) is 2.34. The predicted octanol–water partition coefficient (Wildman–Crippen LogP) is 2.07. The monoisotopic (exact) mass is 242 g/mol. The van der Waals surface area contributed by atoms with E-state index in [9.17, 15) is 0 Å². The first-order valence-electron chi connectivity index (χ1n) is 6.19. The first kappa shape index (κ1) is 12.5. The first-order chi connectivity index (χ1) is 8.95. The van der Waals surface area contributed by atoms with Gasteiger partial charge in [-0.2, -0.15) is 0 Å². The van der Waals surface area contributed by atoms with Crippen molar-refractivity contribution >= 4 is 5.69 Å². The minimum atomic E-state index is 0.878. The van der Waals surface area contributed by atoms with Crippen molar-refractivity contribution in [2.24, 2.45) is 0 Å². The van der Waals surface area contributed by atoms with Crippen LogP contribution in [0.4, 0.5) is 5.69 Å². The van der Waals surface area contributed by atoms with Gasteiger partial charge in [-0.1, -0.05) is 6.07 Å². The van der Waals surface area contributed by atoms with E-state index in [-0.39, 0.29) is 0 Å². The summed E-state index contributed by atoms with van der Waals surface area (Å²) in [7, 11) is 0. The molecular formula is C14H18N4. The highest BCUT2D eigenvalue weighted by atomic mass is 14.9. The fourth-order valence-corrected chi connectivity index (χ4v) is 1.65. The van der Waals surface area contributed by atoms with Crippen molar-refractivity contribution in [1.82, 2.24) is 15.3 Å². The second kappa shape index (κ2) is 7.40. The molecule has 18 heavy (non-hydrogen) atoms. The zero-order valence-electron chi connectivity index (χ0n) is 10.3. The van der Waals surface area contributed by atoms with Gasteiger partial charge < -0.3 is 10.6 Å². The highest BCUT2D eigenvalue weighted by molar-refractivity contribution is 5.40. The summed E-state index contributed by atoms with van der Waals surface area (Å²) < 4.78 is 0. The standard InChI is InChI=1S/C14H18N4/c1-3-13(11-16-6-1)12-17-7-2-8-18-14-4-9-15-10-5-14/h1,3-6,9-11,17H,2,7-8,12H2,(H,15,18). The molecule has 0 aliphatic carbocycles. The average Bonchev–Trinajstić information content (AvgIpc) is 2.45. The number of aromatic nitrogens is 2. The van der Waals surface area contributed by atoms with Crippen molar-refractivity contribution in [3.05, 3.63) is 54.6 Å². The van der Waals surface area contributed by atoms with E-state index in [0.717, 1.165) is 31.7 Å². The molecule has 2 aromatic heterocycles. The molecule has 2 N–H and O–H groups in total. The zero-order chi connectivity index (χ0) is 12.5. The summed E-state index contributed by atoms with van der Waals surface area (Å²) in [6.45, 7) is 2.83. The van der Waals surface area contributed by atoms with Crippen molar-refractivity contribution in [1.29, 1.82) is 0 Å². The van der Waals surface area contributed by atoms with Crippen molar-refractivity contribution in [3.8, 4) is 0 Å². The van der Waals surface area contributed by atoms with Gasteiger partial charge in [0.25, 0.3) is 0 Å². The summed E-state index contributed by atoms with van der Waals surface area (Å²) in [5.74, 6) is 0. The zero-order valence-corrected chi connectivity index (χ0v) is 10.3. The van der Waals surface area contributed by atoms with E-state index in [1.165, 1.54) is 5.56 Å². The molecule has 0 radical (unpaired) electrons. The molecule has 2 heterocycles. The van der Waals surface area contributed by atoms with Crippen LogP contribution in [0.5, 0.6) is 0 Å². The van der Waals surface area contributed by atoms with Crippen LogP contribution in [0.2, 0.25) is 0 Å². The Bertz CT molecular complexity index is 387. The number of anilines is 1. The topological polar surface area (TPSA) is 49.8 Å². The Kier molecular flexibility index (Phi) is 5.14. The van der Waals surface area contributed by atoms with E-state index in [0.29, 0.717) is 0 Å². The molecule has 0 saturated heterocycles. The van der Waals surface area contributed by atoms with Crippen LogP contribution in [0.3, 0.4) is 0 Å². The van der Waals surface area contributed by atoms with Crippen LogP contribution in [0.1, 0.15) is 12.0 Å². The van der Waals surface area contributed by atoms with Crippen LogP contribution in [0.15, 0.2) is 49.1 Å². The molecule has 4 heteroatoms. The Morgan fingerprint density at radius 1 is 0.944 bits per heavy atom. The predicted molar refractivity (Wildman–Crippen MR) is 73.3 cm³/mol. The lowest BCUT2D eigenvalue weighted by Crippen LogP contribution is -2.17. The lowest BCUT2D eigenvalue weighted by Gasteiger charge is -2.07. The van der Waals surface area contributed by atoms with E-state index in [1.54, 1.807) is 18.6 Å². The van der Waals surface area contributed by atoms with Gasteiger partial charge >= 0.3 is 0 Å². The largest absolute Gasteiger partial charge is 0.385 e. The highest BCUT2D eigenvalue weighted by Gasteiger charge is 1.92. The molecule has 0 saturated carbocycles. The second-order valence-electron chi connectivity index (χ2n) is 4.05. The fraction of sp³-hybridized carbons (Fsp3) is 0.286. The summed E-state index contributed by atoms with van der Waals surface area (Å²) in [5, 5.41) is 6.75. The van der Waals surface area contributed by atoms with Gasteiger partial charge in [0.2, 0.25) is 0 Å². The van der Waals surface area contributed by atoms with Crippen LogP contribution in [-0.4, -0.2) is 23.1 Å². The van der Waals surface area contributed by atoms with Crippen LogP contribution in [0.25, 0.3) is 0 Å². The lowest BCUT2D eigenvalue weighted by atomic mass is 10.3. The maximum atomic E-state index is 4.08. The molecule has 2 rings (SSSR count). The molecule has 4 nitrogen and oxygen atoms in total. The van der Waals surface area contributed by atoms with Crippen molar-refractivity contribution in [2.75, 3.05) is 18.4 Å². The Labute approximate surface area is 107 Å². The number of nitrogens with zero attached hydrogens (tertiary/aromatic N) is 2. The molecule has 2 aromatic rings. The van der Waals surface area contributed by atoms with E-state index in [2.05, 4.69) is 26.7 Å². The second-order valence-corrected chi connectivity index (χ2v) is 4.05.